The topological polar surface area (TPSA) is 86.1 Å². The molecule has 3 aromatic rings. The molecule has 0 saturated heterocycles. The van der Waals surface area contributed by atoms with Crippen molar-refractivity contribution >= 4 is 28.6 Å². The van der Waals surface area contributed by atoms with Gasteiger partial charge in [-0.25, -0.2) is 4.79 Å². The van der Waals surface area contributed by atoms with Gasteiger partial charge in [0.25, 0.3) is 5.91 Å². The summed E-state index contributed by atoms with van der Waals surface area (Å²) in [6.07, 6.45) is 2.52. The second kappa shape index (κ2) is 6.35. The average molecular weight is 338 g/mol. The van der Waals surface area contributed by atoms with E-state index in [1.54, 1.807) is 69.6 Å². The second-order valence-corrected chi connectivity index (χ2v) is 6.45. The average Bonchev–Trinajstić information content (AvgIpc) is 2.94. The van der Waals surface area contributed by atoms with E-state index in [0.717, 1.165) is 4.68 Å². The number of ether oxygens (including phenoxy) is 1. The monoisotopic (exact) mass is 338 g/mol. The van der Waals surface area contributed by atoms with Crippen LogP contribution in [0, 0.1) is 0 Å². The fraction of sp³-hybridized carbons (Fsp3) is 0.222. The number of rotatable bonds is 2. The second-order valence-electron chi connectivity index (χ2n) is 6.45. The van der Waals surface area contributed by atoms with Gasteiger partial charge in [-0.05, 0) is 39.0 Å². The highest BCUT2D eigenvalue weighted by Gasteiger charge is 2.24. The lowest BCUT2D eigenvalue weighted by Crippen LogP contribution is -2.28. The number of amides is 1. The number of hydrogen-bond donors (Lipinski definition) is 1. The first kappa shape index (κ1) is 16.6. The molecule has 25 heavy (non-hydrogen) atoms. The zero-order valence-corrected chi connectivity index (χ0v) is 14.2. The first-order valence-corrected chi connectivity index (χ1v) is 7.78. The Bertz CT molecular complexity index is 926. The Morgan fingerprint density at radius 3 is 2.44 bits per heavy atom. The highest BCUT2D eigenvalue weighted by Crippen LogP contribution is 2.21. The Morgan fingerprint density at radius 1 is 1.08 bits per heavy atom. The minimum atomic E-state index is -0.663. The molecule has 0 aliphatic heterocycles. The van der Waals surface area contributed by atoms with Gasteiger partial charge in [-0.2, -0.15) is 9.78 Å². The Hall–Kier alpha value is -3.22. The summed E-state index contributed by atoms with van der Waals surface area (Å²) in [7, 11) is 0. The van der Waals surface area contributed by atoms with Gasteiger partial charge in [0.2, 0.25) is 0 Å². The first-order chi connectivity index (χ1) is 11.8. The fourth-order valence-electron chi connectivity index (χ4n) is 2.30. The number of carbonyl (C=O) groups excluding carboxylic acids is 2. The standard InChI is InChI=1S/C18H18N4O3/c1-18(2,3)25-17(24)22-14-7-5-4-6-13(14)15(21-22)16(23)20-12-8-10-19-11-9-12/h4-11H,1-3H3,(H,19,20,23). The van der Waals surface area contributed by atoms with Crippen LogP contribution >= 0.6 is 0 Å². The van der Waals surface area contributed by atoms with E-state index >= 15 is 0 Å². The van der Waals surface area contributed by atoms with E-state index in [0.29, 0.717) is 16.6 Å². The van der Waals surface area contributed by atoms with E-state index in [1.807, 2.05) is 0 Å². The minimum absolute atomic E-state index is 0.151. The third-order valence-corrected chi connectivity index (χ3v) is 3.31. The molecule has 0 bridgehead atoms. The molecule has 7 nitrogen and oxygen atoms in total. The number of carbonyl (C=O) groups is 2. The molecule has 1 aromatic carbocycles. The summed E-state index contributed by atoms with van der Waals surface area (Å²) in [5.74, 6) is -0.412. The highest BCUT2D eigenvalue weighted by molar-refractivity contribution is 6.12. The molecule has 0 radical (unpaired) electrons. The molecule has 1 N–H and O–H groups in total. The van der Waals surface area contributed by atoms with Gasteiger partial charge in [-0.15, -0.1) is 0 Å². The Labute approximate surface area is 144 Å². The van der Waals surface area contributed by atoms with Gasteiger partial charge in [0, 0.05) is 23.5 Å². The number of hydrogen-bond acceptors (Lipinski definition) is 5. The van der Waals surface area contributed by atoms with Gasteiger partial charge < -0.3 is 10.1 Å². The summed E-state index contributed by atoms with van der Waals surface area (Å²) < 4.78 is 6.48. The minimum Gasteiger partial charge on any atom is -0.442 e. The quantitative estimate of drug-likeness (QED) is 0.773. The Morgan fingerprint density at radius 2 is 1.76 bits per heavy atom. The molecule has 0 fully saturated rings. The maximum absolute atomic E-state index is 12.6. The molecular weight excluding hydrogens is 320 g/mol. The lowest BCUT2D eigenvalue weighted by molar-refractivity contribution is 0.0522. The third-order valence-electron chi connectivity index (χ3n) is 3.31. The van der Waals surface area contributed by atoms with Gasteiger partial charge >= 0.3 is 6.09 Å². The molecule has 0 aliphatic carbocycles. The largest absolute Gasteiger partial charge is 0.442 e. The van der Waals surface area contributed by atoms with Gasteiger partial charge in [-0.3, -0.25) is 9.78 Å². The SMILES string of the molecule is CC(C)(C)OC(=O)n1nc(C(=O)Nc2ccncc2)c2ccccc21. The molecule has 0 unspecified atom stereocenters. The first-order valence-electron chi connectivity index (χ1n) is 7.78. The number of aromatic nitrogens is 3. The molecule has 2 heterocycles. The summed E-state index contributed by atoms with van der Waals surface area (Å²) >= 11 is 0. The van der Waals surface area contributed by atoms with Gasteiger partial charge in [-0.1, -0.05) is 18.2 Å². The summed E-state index contributed by atoms with van der Waals surface area (Å²) in [5, 5.41) is 7.50. The zero-order chi connectivity index (χ0) is 18.0. The number of para-hydroxylation sites is 1. The molecule has 3 rings (SSSR count). The molecule has 0 atom stereocenters. The van der Waals surface area contributed by atoms with E-state index in [1.165, 1.54) is 0 Å². The summed E-state index contributed by atoms with van der Waals surface area (Å²) in [6, 6.07) is 10.4. The maximum Gasteiger partial charge on any atom is 0.435 e. The molecule has 128 valence electrons. The molecule has 1 amide bonds. The van der Waals surface area contributed by atoms with Crippen LogP contribution < -0.4 is 5.32 Å². The van der Waals surface area contributed by atoms with Gasteiger partial charge in [0.05, 0.1) is 5.52 Å². The molecular formula is C18H18N4O3. The normalized spacial score (nSPS) is 11.3. The maximum atomic E-state index is 12.6. The number of benzene rings is 1. The number of nitrogens with one attached hydrogen (secondary N) is 1. The van der Waals surface area contributed by atoms with Gasteiger partial charge in [0.1, 0.15) is 5.60 Å². The zero-order valence-electron chi connectivity index (χ0n) is 14.2. The Balaban J connectivity index is 1.99. The number of anilines is 1. The lowest BCUT2D eigenvalue weighted by atomic mass is 10.2. The Kier molecular flexibility index (Phi) is 4.22. The fourth-order valence-corrected chi connectivity index (χ4v) is 2.30. The number of pyridine rings is 1. The van der Waals surface area contributed by atoms with Crippen LogP contribution in [-0.2, 0) is 4.74 Å². The van der Waals surface area contributed by atoms with Crippen molar-refractivity contribution in [3.8, 4) is 0 Å². The van der Waals surface area contributed by atoms with Gasteiger partial charge in [0.15, 0.2) is 5.69 Å². The predicted molar refractivity (Wildman–Crippen MR) is 93.6 cm³/mol. The van der Waals surface area contributed by atoms with Crippen LogP contribution in [0.3, 0.4) is 0 Å². The smallest absolute Gasteiger partial charge is 0.435 e. The highest BCUT2D eigenvalue weighted by atomic mass is 16.6. The predicted octanol–water partition coefficient (Wildman–Crippen LogP) is 3.47. The number of nitrogens with zero attached hydrogens (tertiary/aromatic N) is 3. The summed E-state index contributed by atoms with van der Waals surface area (Å²) in [4.78, 5) is 28.9. The van der Waals surface area contributed by atoms with Crippen LogP contribution in [0.5, 0.6) is 0 Å². The van der Waals surface area contributed by atoms with Crippen LogP contribution in [0.15, 0.2) is 48.8 Å². The lowest BCUT2D eigenvalue weighted by Gasteiger charge is -2.19. The van der Waals surface area contributed by atoms with Crippen molar-refractivity contribution in [2.45, 2.75) is 26.4 Å². The van der Waals surface area contributed by atoms with Crippen molar-refractivity contribution < 1.29 is 14.3 Å². The van der Waals surface area contributed by atoms with Crippen molar-refractivity contribution in [2.24, 2.45) is 0 Å². The molecule has 7 heteroatoms. The van der Waals surface area contributed by atoms with E-state index in [4.69, 9.17) is 4.74 Å². The van der Waals surface area contributed by atoms with E-state index < -0.39 is 17.6 Å². The van der Waals surface area contributed by atoms with Crippen LogP contribution in [-0.4, -0.2) is 32.4 Å². The number of fused-ring (bicyclic) bond motifs is 1. The van der Waals surface area contributed by atoms with E-state index in [2.05, 4.69) is 15.4 Å². The van der Waals surface area contributed by atoms with Crippen molar-refractivity contribution in [3.05, 3.63) is 54.5 Å². The van der Waals surface area contributed by atoms with Crippen molar-refractivity contribution in [3.63, 3.8) is 0 Å². The third kappa shape index (κ3) is 3.65. The summed E-state index contributed by atoms with van der Waals surface area (Å²) in [6.45, 7) is 5.31. The van der Waals surface area contributed by atoms with Crippen LogP contribution in [0.1, 0.15) is 31.3 Å². The van der Waals surface area contributed by atoms with Crippen molar-refractivity contribution in [1.82, 2.24) is 14.8 Å². The van der Waals surface area contributed by atoms with Crippen LogP contribution in [0.4, 0.5) is 10.5 Å². The molecule has 0 aliphatic rings. The van der Waals surface area contributed by atoms with Crippen LogP contribution in [0.2, 0.25) is 0 Å². The van der Waals surface area contributed by atoms with Crippen molar-refractivity contribution in [1.29, 1.82) is 0 Å². The van der Waals surface area contributed by atoms with Crippen LogP contribution in [0.25, 0.3) is 10.9 Å². The molecule has 2 aromatic heterocycles. The molecule has 0 spiro atoms. The van der Waals surface area contributed by atoms with E-state index in [-0.39, 0.29) is 5.69 Å². The van der Waals surface area contributed by atoms with Crippen molar-refractivity contribution in [2.75, 3.05) is 5.32 Å². The summed E-state index contributed by atoms with van der Waals surface area (Å²) in [5.41, 5.74) is 0.592. The molecule has 0 saturated carbocycles. The van der Waals surface area contributed by atoms with E-state index in [9.17, 15) is 9.59 Å².